The second-order valence-electron chi connectivity index (χ2n) is 6.32. The Morgan fingerprint density at radius 1 is 1.24 bits per heavy atom. The van der Waals surface area contributed by atoms with Crippen molar-refractivity contribution in [3.8, 4) is 0 Å². The van der Waals surface area contributed by atoms with E-state index in [-0.39, 0.29) is 37.3 Å². The van der Waals surface area contributed by atoms with Gasteiger partial charge in [0, 0.05) is 11.1 Å². The van der Waals surface area contributed by atoms with E-state index in [4.69, 9.17) is 45.3 Å². The molecule has 1 aromatic carbocycles. The number of urea groups is 1. The molecule has 0 aliphatic carbocycles. The summed E-state index contributed by atoms with van der Waals surface area (Å²) in [6.07, 6.45) is 0. The smallest absolute Gasteiger partial charge is 0.341 e. The van der Waals surface area contributed by atoms with Crippen LogP contribution in [0.2, 0.25) is 10.0 Å². The zero-order valence-electron chi connectivity index (χ0n) is 17.1. The molecular weight excluding hydrogens is 547 g/mol. The number of halogens is 2. The molecule has 2 aromatic rings. The first-order chi connectivity index (χ1) is 16.1. The lowest BCUT2D eigenvalue weighted by atomic mass is 10.2. The average molecular weight is 561 g/mol. The third kappa shape index (κ3) is 6.04. The molecule has 0 bridgehead atoms. The van der Waals surface area contributed by atoms with Gasteiger partial charge in [-0.1, -0.05) is 47.2 Å². The predicted octanol–water partition coefficient (Wildman–Crippen LogP) is 4.31. The molecule has 3 amide bonds. The number of carbonyl (C=O) groups excluding carboxylic acids is 3. The fraction of sp³-hybridized carbons (Fsp3) is 0.158. The van der Waals surface area contributed by atoms with Gasteiger partial charge in [0.15, 0.2) is 5.13 Å². The van der Waals surface area contributed by atoms with E-state index in [2.05, 4.69) is 15.6 Å². The number of hydrogen-bond donors (Lipinski definition) is 3. The number of amides is 3. The number of aliphatic carboxylic acids is 1. The van der Waals surface area contributed by atoms with Crippen LogP contribution in [0, 0.1) is 0 Å². The number of ether oxygens (including phenoxy) is 1. The zero-order chi connectivity index (χ0) is 25.0. The predicted molar refractivity (Wildman–Crippen MR) is 134 cm³/mol. The molecule has 15 heteroatoms. The molecule has 0 saturated carbocycles. The summed E-state index contributed by atoms with van der Waals surface area (Å²) in [6, 6.07) is 3.91. The molecule has 178 valence electrons. The molecule has 0 radical (unpaired) electrons. The molecule has 1 fully saturated rings. The summed E-state index contributed by atoms with van der Waals surface area (Å²) in [6.45, 7) is 0.967. The topological polar surface area (TPSA) is 138 Å². The minimum absolute atomic E-state index is 0.0150. The lowest BCUT2D eigenvalue weighted by Crippen LogP contribution is -2.33. The number of thiazole rings is 1. The number of benzene rings is 1. The first-order valence-corrected chi connectivity index (χ1v) is 12.1. The number of anilines is 2. The number of esters is 1. The highest BCUT2D eigenvalue weighted by Gasteiger charge is 2.38. The van der Waals surface area contributed by atoms with Gasteiger partial charge in [-0.25, -0.2) is 14.6 Å². The van der Waals surface area contributed by atoms with Crippen molar-refractivity contribution >= 4 is 103 Å². The number of carboxylic acids is 1. The number of hydrogen-bond acceptors (Lipinski definition) is 9. The van der Waals surface area contributed by atoms with Crippen LogP contribution < -0.4 is 10.6 Å². The van der Waals surface area contributed by atoms with Gasteiger partial charge in [-0.05, 0) is 25.1 Å². The molecule has 0 atom stereocenters. The van der Waals surface area contributed by atoms with Crippen molar-refractivity contribution in [1.29, 1.82) is 0 Å². The van der Waals surface area contributed by atoms with Crippen LogP contribution in [0.5, 0.6) is 0 Å². The van der Waals surface area contributed by atoms with Gasteiger partial charge in [0.1, 0.15) is 16.4 Å². The van der Waals surface area contributed by atoms with Crippen molar-refractivity contribution < 1.29 is 29.0 Å². The molecule has 0 unspecified atom stereocenters. The Hall–Kier alpha value is -2.71. The summed E-state index contributed by atoms with van der Waals surface area (Å²) < 4.78 is 5.05. The SMILES string of the molecule is CCOC(=O)C(=C1SC(=S)N(CC(=O)O)C1=O)c1csc(NC(=O)Nc2ccc(Cl)c(Cl)c2)n1. The maximum absolute atomic E-state index is 12.8. The van der Waals surface area contributed by atoms with E-state index < -0.39 is 30.4 Å². The summed E-state index contributed by atoms with van der Waals surface area (Å²) >= 11 is 18.7. The van der Waals surface area contributed by atoms with Gasteiger partial charge in [-0.15, -0.1) is 11.3 Å². The normalized spacial score (nSPS) is 14.7. The van der Waals surface area contributed by atoms with Crippen LogP contribution in [0.4, 0.5) is 15.6 Å². The summed E-state index contributed by atoms with van der Waals surface area (Å²) in [5, 5.41) is 16.3. The summed E-state index contributed by atoms with van der Waals surface area (Å²) in [5.74, 6) is -2.85. The molecule has 1 saturated heterocycles. The van der Waals surface area contributed by atoms with Crippen LogP contribution in [-0.4, -0.2) is 56.3 Å². The largest absolute Gasteiger partial charge is 0.480 e. The van der Waals surface area contributed by atoms with Gasteiger partial charge in [0.05, 0.1) is 27.3 Å². The molecule has 0 spiro atoms. The number of nitrogens with one attached hydrogen (secondary N) is 2. The Balaban J connectivity index is 1.85. The highest BCUT2D eigenvalue weighted by molar-refractivity contribution is 8.26. The number of carbonyl (C=O) groups is 4. The third-order valence-corrected chi connectivity index (χ3v) is 6.95. The van der Waals surface area contributed by atoms with Crippen LogP contribution in [0.3, 0.4) is 0 Å². The quantitative estimate of drug-likeness (QED) is 0.256. The van der Waals surface area contributed by atoms with E-state index in [0.717, 1.165) is 28.0 Å². The second-order valence-corrected chi connectivity index (χ2v) is 9.64. The van der Waals surface area contributed by atoms with Crippen molar-refractivity contribution in [2.75, 3.05) is 23.8 Å². The number of thiocarbonyl (C=S) groups is 1. The Morgan fingerprint density at radius 2 is 1.97 bits per heavy atom. The standard InChI is InChI=1S/C19H14Cl2N4O6S3/c1-2-31-16(29)13(14-15(28)25(6-12(26)27)19(32)34-14)11-7-33-18(23-11)24-17(30)22-8-3-4-9(20)10(21)5-8/h3-5,7H,2,6H2,1H3,(H,26,27)(H2,22,23,24,30). The van der Waals surface area contributed by atoms with Crippen LogP contribution in [0.15, 0.2) is 28.5 Å². The molecule has 3 N–H and O–H groups in total. The molecule has 3 rings (SSSR count). The van der Waals surface area contributed by atoms with Gasteiger partial charge in [-0.2, -0.15) is 0 Å². The van der Waals surface area contributed by atoms with E-state index in [9.17, 15) is 19.2 Å². The maximum atomic E-state index is 12.8. The molecule has 34 heavy (non-hydrogen) atoms. The van der Waals surface area contributed by atoms with Crippen molar-refractivity contribution in [1.82, 2.24) is 9.88 Å². The number of rotatable bonds is 7. The van der Waals surface area contributed by atoms with Crippen molar-refractivity contribution in [3.63, 3.8) is 0 Å². The van der Waals surface area contributed by atoms with Gasteiger partial charge < -0.3 is 15.2 Å². The van der Waals surface area contributed by atoms with E-state index in [1.807, 2.05) is 0 Å². The Bertz CT molecular complexity index is 1230. The molecular formula is C19H14Cl2N4O6S3. The fourth-order valence-corrected chi connectivity index (χ4v) is 4.93. The second kappa shape index (κ2) is 11.1. The Labute approximate surface area is 216 Å². The average Bonchev–Trinajstić information content (AvgIpc) is 3.31. The zero-order valence-corrected chi connectivity index (χ0v) is 21.0. The van der Waals surface area contributed by atoms with Crippen molar-refractivity contribution in [3.05, 3.63) is 44.2 Å². The minimum Gasteiger partial charge on any atom is -0.480 e. The van der Waals surface area contributed by atoms with Crippen LogP contribution in [0.1, 0.15) is 12.6 Å². The Morgan fingerprint density at radius 3 is 2.62 bits per heavy atom. The van der Waals surface area contributed by atoms with Gasteiger partial charge in [0.25, 0.3) is 5.91 Å². The molecule has 1 aliphatic heterocycles. The van der Waals surface area contributed by atoms with Gasteiger partial charge in [0.2, 0.25) is 0 Å². The lowest BCUT2D eigenvalue weighted by molar-refractivity contribution is -0.140. The number of aromatic nitrogens is 1. The van der Waals surface area contributed by atoms with Crippen LogP contribution >= 0.6 is 58.5 Å². The summed E-state index contributed by atoms with van der Waals surface area (Å²) in [5.41, 5.74) is 0.267. The van der Waals surface area contributed by atoms with E-state index >= 15 is 0 Å². The van der Waals surface area contributed by atoms with Crippen LogP contribution in [0.25, 0.3) is 5.57 Å². The number of nitrogens with zero attached hydrogens (tertiary/aromatic N) is 2. The Kier molecular flexibility index (Phi) is 8.49. The molecule has 10 nitrogen and oxygen atoms in total. The highest BCUT2D eigenvalue weighted by Crippen LogP contribution is 2.38. The minimum atomic E-state index is -1.26. The van der Waals surface area contributed by atoms with Gasteiger partial charge >= 0.3 is 18.0 Å². The lowest BCUT2D eigenvalue weighted by Gasteiger charge is -2.11. The van der Waals surface area contributed by atoms with Crippen LogP contribution in [-0.2, 0) is 19.1 Å². The van der Waals surface area contributed by atoms with E-state index in [1.165, 1.54) is 17.5 Å². The van der Waals surface area contributed by atoms with E-state index in [0.29, 0.717) is 10.7 Å². The number of carboxylic acid groups (broad SMARTS) is 1. The third-order valence-electron chi connectivity index (χ3n) is 4.01. The maximum Gasteiger partial charge on any atom is 0.341 e. The summed E-state index contributed by atoms with van der Waals surface area (Å²) in [7, 11) is 0. The van der Waals surface area contributed by atoms with E-state index in [1.54, 1.807) is 13.0 Å². The van der Waals surface area contributed by atoms with Crippen molar-refractivity contribution in [2.24, 2.45) is 0 Å². The molecule has 1 aromatic heterocycles. The first kappa shape index (κ1) is 25.9. The van der Waals surface area contributed by atoms with Crippen molar-refractivity contribution in [2.45, 2.75) is 6.92 Å². The van der Waals surface area contributed by atoms with Gasteiger partial charge in [-0.3, -0.25) is 19.8 Å². The summed E-state index contributed by atoms with van der Waals surface area (Å²) in [4.78, 5) is 53.8. The fourth-order valence-electron chi connectivity index (χ4n) is 2.62. The molecule has 2 heterocycles. The monoisotopic (exact) mass is 560 g/mol. The highest BCUT2D eigenvalue weighted by atomic mass is 35.5. The first-order valence-electron chi connectivity index (χ1n) is 9.26. The number of thioether (sulfide) groups is 1. The molecule has 1 aliphatic rings.